The molecule has 1 saturated heterocycles. The van der Waals surface area contributed by atoms with Gasteiger partial charge < -0.3 is 10.1 Å². The van der Waals surface area contributed by atoms with Crippen molar-refractivity contribution in [3.63, 3.8) is 0 Å². The van der Waals surface area contributed by atoms with E-state index in [0.717, 1.165) is 36.9 Å². The Bertz CT molecular complexity index is 1220. The predicted molar refractivity (Wildman–Crippen MR) is 136 cm³/mol. The van der Waals surface area contributed by atoms with Crippen LogP contribution in [0.2, 0.25) is 0 Å². The molecule has 1 fully saturated rings. The molecule has 1 atom stereocenters. The summed E-state index contributed by atoms with van der Waals surface area (Å²) < 4.78 is 61.5. The first-order chi connectivity index (χ1) is 17.1. The minimum atomic E-state index is -4.77. The Kier molecular flexibility index (Phi) is 9.04. The van der Waals surface area contributed by atoms with Gasteiger partial charge in [-0.25, -0.2) is 4.39 Å². The topological polar surface area (TPSA) is 54.5 Å². The van der Waals surface area contributed by atoms with Crippen molar-refractivity contribution in [2.45, 2.75) is 33.5 Å². The lowest BCUT2D eigenvalue weighted by Gasteiger charge is -2.29. The van der Waals surface area contributed by atoms with E-state index in [1.165, 1.54) is 12.1 Å². The Labute approximate surface area is 214 Å². The fraction of sp³-hybridized carbons (Fsp3) is 0.357. The Hall–Kier alpha value is -3.30. The molecule has 3 aromatic rings. The maximum atomic E-state index is 14.8. The Morgan fingerprint density at radius 1 is 1.11 bits per heavy atom. The number of benzene rings is 2. The van der Waals surface area contributed by atoms with Crippen LogP contribution in [0.3, 0.4) is 0 Å². The normalized spacial score (nSPS) is 15.1. The van der Waals surface area contributed by atoms with Gasteiger partial charge in [0.05, 0.1) is 24.5 Å². The second-order valence-electron chi connectivity index (χ2n) is 8.97. The first-order valence-electron chi connectivity index (χ1n) is 11.7. The van der Waals surface area contributed by atoms with Gasteiger partial charge in [-0.05, 0) is 61.4 Å². The number of carbonyl (C=O) groups excluding carboxylic acids is 1. The van der Waals surface area contributed by atoms with E-state index in [0.29, 0.717) is 31.0 Å². The number of alkyl halides is 3. The summed E-state index contributed by atoms with van der Waals surface area (Å²) in [6, 6.07) is 10.4. The van der Waals surface area contributed by atoms with Crippen LogP contribution < -0.4 is 5.32 Å². The molecule has 0 bridgehead atoms. The Balaban J connectivity index is 0.00000380. The summed E-state index contributed by atoms with van der Waals surface area (Å²) >= 11 is 0. The SMILES string of the molecule is C.Cc1ccc(-c2cc(C(=O)N[C@H](C)CN3CCOCC3)cc(-c3c(F)cccc3C(F)(F)F)c2)nc1. The molecular formula is C28H31F4N3O2. The number of carbonyl (C=O) groups is 1. The summed E-state index contributed by atoms with van der Waals surface area (Å²) in [7, 11) is 0. The highest BCUT2D eigenvalue weighted by Crippen LogP contribution is 2.40. The molecule has 4 rings (SSSR count). The lowest BCUT2D eigenvalue weighted by molar-refractivity contribution is -0.137. The van der Waals surface area contributed by atoms with Gasteiger partial charge in [-0.3, -0.25) is 14.7 Å². The molecule has 0 aliphatic carbocycles. The lowest BCUT2D eigenvalue weighted by atomic mass is 9.93. The molecule has 0 unspecified atom stereocenters. The van der Waals surface area contributed by atoms with E-state index < -0.39 is 29.0 Å². The smallest absolute Gasteiger partial charge is 0.379 e. The van der Waals surface area contributed by atoms with Crippen molar-refractivity contribution in [2.24, 2.45) is 0 Å². The molecule has 1 amide bonds. The number of nitrogens with zero attached hydrogens (tertiary/aromatic N) is 2. The summed E-state index contributed by atoms with van der Waals surface area (Å²) in [6.07, 6.45) is -3.15. The average molecular weight is 518 g/mol. The molecule has 1 aliphatic rings. The van der Waals surface area contributed by atoms with Crippen LogP contribution in [0.5, 0.6) is 0 Å². The molecule has 1 aromatic heterocycles. The second kappa shape index (κ2) is 11.8. The number of ether oxygens (including phenoxy) is 1. The van der Waals surface area contributed by atoms with Crippen LogP contribution in [0.1, 0.15) is 35.8 Å². The van der Waals surface area contributed by atoms with E-state index in [-0.39, 0.29) is 24.6 Å². The third-order valence-electron chi connectivity index (χ3n) is 6.02. The van der Waals surface area contributed by atoms with Crippen molar-refractivity contribution < 1.29 is 27.1 Å². The van der Waals surface area contributed by atoms with Crippen LogP contribution >= 0.6 is 0 Å². The Morgan fingerprint density at radius 2 is 1.81 bits per heavy atom. The van der Waals surface area contributed by atoms with Gasteiger partial charge in [-0.15, -0.1) is 0 Å². The number of amides is 1. The quantitative estimate of drug-likeness (QED) is 0.410. The minimum absolute atomic E-state index is 0. The van der Waals surface area contributed by atoms with Crippen LogP contribution in [0.4, 0.5) is 17.6 Å². The van der Waals surface area contributed by atoms with E-state index in [1.54, 1.807) is 18.3 Å². The number of aryl methyl sites for hydroxylation is 1. The van der Waals surface area contributed by atoms with Crippen LogP contribution in [0.25, 0.3) is 22.4 Å². The van der Waals surface area contributed by atoms with Crippen LogP contribution in [-0.2, 0) is 10.9 Å². The molecule has 0 saturated carbocycles. The molecule has 37 heavy (non-hydrogen) atoms. The third-order valence-corrected chi connectivity index (χ3v) is 6.02. The predicted octanol–water partition coefficient (Wildman–Crippen LogP) is 5.97. The number of halogens is 4. The van der Waals surface area contributed by atoms with Crippen molar-refractivity contribution in [3.05, 3.63) is 77.2 Å². The number of morpholine rings is 1. The Morgan fingerprint density at radius 3 is 2.46 bits per heavy atom. The highest BCUT2D eigenvalue weighted by atomic mass is 19.4. The van der Waals surface area contributed by atoms with Gasteiger partial charge in [0.2, 0.25) is 0 Å². The van der Waals surface area contributed by atoms with Gasteiger partial charge in [-0.1, -0.05) is 19.6 Å². The minimum Gasteiger partial charge on any atom is -0.379 e. The standard InChI is InChI=1S/C27H27F4N3O2.CH4/c1-17-6-7-24(32-15-17)19-12-20(25-22(27(29,30)31)4-3-5-23(25)28)14-21(13-19)26(35)33-18(2)16-34-8-10-36-11-9-34;/h3-7,12-15,18H,8-11,16H2,1-2H3,(H,33,35);1H4/t18-;/m1./s1. The molecule has 9 heteroatoms. The van der Waals surface area contributed by atoms with Gasteiger partial charge in [0.15, 0.2) is 0 Å². The zero-order chi connectivity index (χ0) is 25.9. The fourth-order valence-electron chi connectivity index (χ4n) is 4.27. The van der Waals surface area contributed by atoms with Crippen molar-refractivity contribution in [2.75, 3.05) is 32.8 Å². The van der Waals surface area contributed by atoms with Crippen molar-refractivity contribution in [3.8, 4) is 22.4 Å². The summed E-state index contributed by atoms with van der Waals surface area (Å²) in [5.41, 5.74) is 0.134. The number of aromatic nitrogens is 1. The number of nitrogens with one attached hydrogen (secondary N) is 1. The largest absolute Gasteiger partial charge is 0.417 e. The van der Waals surface area contributed by atoms with Crippen molar-refractivity contribution in [1.29, 1.82) is 0 Å². The van der Waals surface area contributed by atoms with Gasteiger partial charge >= 0.3 is 6.18 Å². The molecular weight excluding hydrogens is 486 g/mol. The fourth-order valence-corrected chi connectivity index (χ4v) is 4.27. The molecule has 0 radical (unpaired) electrons. The molecule has 2 heterocycles. The maximum Gasteiger partial charge on any atom is 0.417 e. The molecule has 1 aliphatic heterocycles. The molecule has 2 aromatic carbocycles. The van der Waals surface area contributed by atoms with Crippen LogP contribution in [0.15, 0.2) is 54.7 Å². The van der Waals surface area contributed by atoms with Crippen LogP contribution in [0, 0.1) is 12.7 Å². The highest BCUT2D eigenvalue weighted by molar-refractivity contribution is 5.97. The molecule has 0 spiro atoms. The number of rotatable bonds is 6. The van der Waals surface area contributed by atoms with Gasteiger partial charge in [-0.2, -0.15) is 13.2 Å². The zero-order valence-electron chi connectivity index (χ0n) is 20.0. The maximum absolute atomic E-state index is 14.8. The summed E-state index contributed by atoms with van der Waals surface area (Å²) in [5.74, 6) is -1.48. The number of hydrogen-bond donors (Lipinski definition) is 1. The van der Waals surface area contributed by atoms with E-state index >= 15 is 0 Å². The van der Waals surface area contributed by atoms with Crippen molar-refractivity contribution in [1.82, 2.24) is 15.2 Å². The van der Waals surface area contributed by atoms with Gasteiger partial charge in [0.1, 0.15) is 5.82 Å². The highest BCUT2D eigenvalue weighted by Gasteiger charge is 2.35. The van der Waals surface area contributed by atoms with Crippen molar-refractivity contribution >= 4 is 5.91 Å². The number of pyridine rings is 1. The number of hydrogen-bond acceptors (Lipinski definition) is 4. The zero-order valence-corrected chi connectivity index (χ0v) is 20.0. The third kappa shape index (κ3) is 6.93. The summed E-state index contributed by atoms with van der Waals surface area (Å²) in [4.78, 5) is 19.7. The average Bonchev–Trinajstić information content (AvgIpc) is 2.84. The van der Waals surface area contributed by atoms with E-state index in [9.17, 15) is 22.4 Å². The van der Waals surface area contributed by atoms with E-state index in [1.807, 2.05) is 19.9 Å². The van der Waals surface area contributed by atoms with Gasteiger partial charge in [0.25, 0.3) is 5.91 Å². The second-order valence-corrected chi connectivity index (χ2v) is 8.97. The van der Waals surface area contributed by atoms with Crippen LogP contribution in [-0.4, -0.2) is 54.7 Å². The first kappa shape index (κ1) is 28.3. The monoisotopic (exact) mass is 517 g/mol. The summed E-state index contributed by atoms with van der Waals surface area (Å²) in [5, 5.41) is 2.91. The van der Waals surface area contributed by atoms with E-state index in [4.69, 9.17) is 4.74 Å². The molecule has 1 N–H and O–H groups in total. The van der Waals surface area contributed by atoms with E-state index in [2.05, 4.69) is 15.2 Å². The lowest BCUT2D eigenvalue weighted by Crippen LogP contribution is -2.46. The first-order valence-corrected chi connectivity index (χ1v) is 11.7. The van der Waals surface area contributed by atoms with Gasteiger partial charge in [0, 0.05) is 48.6 Å². The molecule has 198 valence electrons. The summed E-state index contributed by atoms with van der Waals surface area (Å²) in [6.45, 7) is 7.08. The molecule has 5 nitrogen and oxygen atoms in total.